The molecule has 3 rings (SSSR count). The number of rotatable bonds is 2. The summed E-state index contributed by atoms with van der Waals surface area (Å²) in [5.41, 5.74) is 0.288. The number of pyridine rings is 1. The zero-order valence-electron chi connectivity index (χ0n) is 12.8. The first kappa shape index (κ1) is 14.0. The first-order chi connectivity index (χ1) is 9.15. The second kappa shape index (κ2) is 4.04. The van der Waals surface area contributed by atoms with Crippen molar-refractivity contribution in [1.82, 2.24) is 4.98 Å². The van der Waals surface area contributed by atoms with Gasteiger partial charge in [0.1, 0.15) is 5.82 Å². The Kier molecular flexibility index (Phi) is 2.84. The lowest BCUT2D eigenvalue weighted by Gasteiger charge is -2.32. The third-order valence-corrected chi connectivity index (χ3v) is 4.93. The summed E-state index contributed by atoms with van der Waals surface area (Å²) in [5, 5.41) is 0. The van der Waals surface area contributed by atoms with E-state index in [2.05, 4.69) is 4.98 Å². The van der Waals surface area contributed by atoms with E-state index < -0.39 is 18.3 Å². The highest BCUT2D eigenvalue weighted by molar-refractivity contribution is 6.61. The molecule has 108 valence electrons. The quantitative estimate of drug-likeness (QED) is 0.778. The second-order valence-electron chi connectivity index (χ2n) is 7.22. The van der Waals surface area contributed by atoms with Gasteiger partial charge in [0, 0.05) is 5.41 Å². The fourth-order valence-electron chi connectivity index (χ4n) is 2.40. The van der Waals surface area contributed by atoms with Crippen LogP contribution in [0.3, 0.4) is 0 Å². The van der Waals surface area contributed by atoms with Crippen LogP contribution in [-0.2, 0) is 14.7 Å². The van der Waals surface area contributed by atoms with Crippen LogP contribution in [0.25, 0.3) is 0 Å². The highest BCUT2D eigenvalue weighted by Gasteiger charge is 2.53. The summed E-state index contributed by atoms with van der Waals surface area (Å²) in [7, 11) is -0.526. The van der Waals surface area contributed by atoms with Gasteiger partial charge in [-0.2, -0.15) is 0 Å². The van der Waals surface area contributed by atoms with E-state index in [1.807, 2.05) is 34.6 Å². The molecular formula is C15H21BFNO2. The Bertz CT molecular complexity index is 539. The lowest BCUT2D eigenvalue weighted by atomic mass is 9.83. The molecule has 20 heavy (non-hydrogen) atoms. The normalized spacial score (nSPS) is 25.8. The van der Waals surface area contributed by atoms with Gasteiger partial charge in [0.05, 0.1) is 22.5 Å². The summed E-state index contributed by atoms with van der Waals surface area (Å²) in [4.78, 5) is 4.49. The van der Waals surface area contributed by atoms with Crippen molar-refractivity contribution in [2.75, 3.05) is 0 Å². The maximum atomic E-state index is 14.0. The van der Waals surface area contributed by atoms with E-state index in [9.17, 15) is 4.39 Å². The molecule has 0 aromatic carbocycles. The molecule has 1 aliphatic carbocycles. The predicted octanol–water partition coefficient (Wildman–Crippen LogP) is 2.57. The Labute approximate surface area is 120 Å². The maximum Gasteiger partial charge on any atom is 0.514 e. The average molecular weight is 277 g/mol. The van der Waals surface area contributed by atoms with Crippen LogP contribution in [0.2, 0.25) is 0 Å². The minimum atomic E-state index is -0.526. The number of aromatic nitrogens is 1. The fraction of sp³-hybridized carbons (Fsp3) is 0.667. The monoisotopic (exact) mass is 277 g/mol. The summed E-state index contributed by atoms with van der Waals surface area (Å²) in [6.07, 6.45) is 1.98. The van der Waals surface area contributed by atoms with Gasteiger partial charge in [0.25, 0.3) is 0 Å². The molecule has 1 saturated heterocycles. The maximum absolute atomic E-state index is 14.0. The van der Waals surface area contributed by atoms with E-state index in [1.54, 1.807) is 6.07 Å². The van der Waals surface area contributed by atoms with Crippen molar-refractivity contribution in [2.45, 2.75) is 64.1 Å². The number of halogens is 1. The van der Waals surface area contributed by atoms with E-state index in [4.69, 9.17) is 9.31 Å². The number of hydrogen-bond donors (Lipinski definition) is 0. The molecule has 0 amide bonds. The van der Waals surface area contributed by atoms with E-state index in [-0.39, 0.29) is 11.2 Å². The van der Waals surface area contributed by atoms with Gasteiger partial charge in [-0.05, 0) is 52.7 Å². The van der Waals surface area contributed by atoms with Crippen LogP contribution < -0.4 is 5.59 Å². The Hall–Kier alpha value is -0.935. The van der Waals surface area contributed by atoms with Crippen molar-refractivity contribution >= 4 is 12.7 Å². The summed E-state index contributed by atoms with van der Waals surface area (Å²) >= 11 is 0. The molecule has 0 bridgehead atoms. The van der Waals surface area contributed by atoms with Gasteiger partial charge in [-0.25, -0.2) is 4.39 Å². The topological polar surface area (TPSA) is 31.4 Å². The van der Waals surface area contributed by atoms with E-state index >= 15 is 0 Å². The molecule has 2 heterocycles. The van der Waals surface area contributed by atoms with Gasteiger partial charge in [-0.3, -0.25) is 4.98 Å². The van der Waals surface area contributed by atoms with E-state index in [0.717, 1.165) is 12.8 Å². The van der Waals surface area contributed by atoms with Crippen LogP contribution >= 0.6 is 0 Å². The zero-order chi connectivity index (χ0) is 14.8. The van der Waals surface area contributed by atoms with Gasteiger partial charge < -0.3 is 9.31 Å². The van der Waals surface area contributed by atoms with E-state index in [0.29, 0.717) is 11.3 Å². The van der Waals surface area contributed by atoms with Gasteiger partial charge in [-0.15, -0.1) is 0 Å². The van der Waals surface area contributed by atoms with E-state index in [1.165, 1.54) is 6.07 Å². The molecule has 2 aliphatic rings. The summed E-state index contributed by atoms with van der Waals surface area (Å²) in [5.74, 6) is -0.231. The molecule has 1 saturated carbocycles. The second-order valence-corrected chi connectivity index (χ2v) is 7.22. The van der Waals surface area contributed by atoms with Crippen molar-refractivity contribution in [1.29, 1.82) is 0 Å². The van der Waals surface area contributed by atoms with Crippen molar-refractivity contribution in [2.24, 2.45) is 0 Å². The molecule has 0 N–H and O–H groups in total. The van der Waals surface area contributed by atoms with Gasteiger partial charge in [0.15, 0.2) is 0 Å². The smallest absolute Gasteiger partial charge is 0.398 e. The minimum absolute atomic E-state index is 0.107. The Morgan fingerprint density at radius 1 is 1.05 bits per heavy atom. The molecule has 1 aromatic heterocycles. The molecule has 0 spiro atoms. The average Bonchev–Trinajstić information content (AvgIpc) is 3.02. The lowest BCUT2D eigenvalue weighted by Crippen LogP contribution is -2.41. The highest BCUT2D eigenvalue weighted by atomic mass is 19.1. The molecule has 0 radical (unpaired) electrons. The standard InChI is InChI=1S/C15H21BFNO2/c1-13(2)14(3,4)20-16(19-13)11-7-6-10(17)12(18-11)15(5)8-9-15/h6-7H,8-9H2,1-5H3. The first-order valence-corrected chi connectivity index (χ1v) is 7.17. The van der Waals surface area contributed by atoms with Gasteiger partial charge in [-0.1, -0.05) is 6.92 Å². The molecule has 5 heteroatoms. The fourth-order valence-corrected chi connectivity index (χ4v) is 2.40. The predicted molar refractivity (Wildman–Crippen MR) is 76.5 cm³/mol. The Balaban J connectivity index is 1.93. The third-order valence-electron chi connectivity index (χ3n) is 4.93. The van der Waals surface area contributed by atoms with Crippen molar-refractivity contribution in [3.8, 4) is 0 Å². The first-order valence-electron chi connectivity index (χ1n) is 7.17. The number of hydrogen-bond acceptors (Lipinski definition) is 3. The van der Waals surface area contributed by atoms with Crippen LogP contribution in [0.15, 0.2) is 12.1 Å². The van der Waals surface area contributed by atoms with Crippen LogP contribution in [0.5, 0.6) is 0 Å². The lowest BCUT2D eigenvalue weighted by molar-refractivity contribution is 0.00578. The van der Waals surface area contributed by atoms with Gasteiger partial charge in [0.2, 0.25) is 0 Å². The van der Waals surface area contributed by atoms with Gasteiger partial charge >= 0.3 is 7.12 Å². The number of nitrogens with zero attached hydrogens (tertiary/aromatic N) is 1. The van der Waals surface area contributed by atoms with Crippen molar-refractivity contribution < 1.29 is 13.7 Å². The molecule has 1 aliphatic heterocycles. The SMILES string of the molecule is CC1(c2nc(B3OC(C)(C)C(C)(C)O3)ccc2F)CC1. The Morgan fingerprint density at radius 2 is 1.60 bits per heavy atom. The highest BCUT2D eigenvalue weighted by Crippen LogP contribution is 2.47. The van der Waals surface area contributed by atoms with Crippen LogP contribution in [0.1, 0.15) is 53.2 Å². The molecule has 3 nitrogen and oxygen atoms in total. The summed E-state index contributed by atoms with van der Waals surface area (Å²) in [6, 6.07) is 3.14. The molecule has 0 atom stereocenters. The molecule has 2 fully saturated rings. The van der Waals surface area contributed by atoms with Crippen molar-refractivity contribution in [3.05, 3.63) is 23.6 Å². The summed E-state index contributed by atoms with van der Waals surface area (Å²) < 4.78 is 25.9. The molecular weight excluding hydrogens is 256 g/mol. The largest absolute Gasteiger partial charge is 0.514 e. The summed E-state index contributed by atoms with van der Waals surface area (Å²) in [6.45, 7) is 10.0. The third kappa shape index (κ3) is 2.08. The van der Waals surface area contributed by atoms with Crippen LogP contribution in [0, 0.1) is 5.82 Å². The van der Waals surface area contributed by atoms with Crippen LogP contribution in [0.4, 0.5) is 4.39 Å². The zero-order valence-corrected chi connectivity index (χ0v) is 12.8. The molecule has 1 aromatic rings. The molecule has 0 unspecified atom stereocenters. The van der Waals surface area contributed by atoms with Crippen LogP contribution in [-0.4, -0.2) is 23.3 Å². The Morgan fingerprint density at radius 3 is 2.10 bits per heavy atom. The minimum Gasteiger partial charge on any atom is -0.398 e. The van der Waals surface area contributed by atoms with Crippen molar-refractivity contribution in [3.63, 3.8) is 0 Å².